The van der Waals surface area contributed by atoms with Crippen LogP contribution in [0.5, 0.6) is 0 Å². The maximum absolute atomic E-state index is 15.3. The highest BCUT2D eigenvalue weighted by molar-refractivity contribution is 5.83. The molecule has 15 heteroatoms. The van der Waals surface area contributed by atoms with Gasteiger partial charge in [-0.3, -0.25) is 9.59 Å². The Labute approximate surface area is 255 Å². The van der Waals surface area contributed by atoms with Crippen molar-refractivity contribution in [2.45, 2.75) is 26.9 Å². The number of hydrogen-bond donors (Lipinski definition) is 2. The van der Waals surface area contributed by atoms with Gasteiger partial charge in [-0.05, 0) is 26.0 Å². The van der Waals surface area contributed by atoms with Gasteiger partial charge in [-0.15, -0.1) is 10.2 Å². The van der Waals surface area contributed by atoms with E-state index >= 15 is 8.78 Å². The molecular formula is C30H32F2N10O3. The number of rotatable bonds is 6. The van der Waals surface area contributed by atoms with E-state index in [9.17, 15) is 9.59 Å². The molecule has 5 aromatic rings. The summed E-state index contributed by atoms with van der Waals surface area (Å²) in [5, 5.41) is 14.8. The lowest BCUT2D eigenvalue weighted by Crippen LogP contribution is -2.44. The number of nitrogens with zero attached hydrogens (tertiary/aromatic N) is 8. The Hall–Kier alpha value is -4.76. The van der Waals surface area contributed by atoms with Crippen LogP contribution in [0.4, 0.5) is 20.4 Å². The Morgan fingerprint density at radius 1 is 0.711 bits per heavy atom. The van der Waals surface area contributed by atoms with Gasteiger partial charge in [-0.25, -0.2) is 18.7 Å². The molecule has 0 spiro atoms. The standard InChI is InChI=1S/C30H32F2N10O3/c1-3-39-15-19(23(43)17-13-21(31)27(35-25(17)39)41-9-5-33-6-10-41)29-37-38-30(45-29)20-16-40(4-2)26-18(24(20)44)14-22(32)28(36-26)42-11-7-34-8-12-42/h13-16,33-34H,3-12H2,1-2H3. The Morgan fingerprint density at radius 3 is 1.49 bits per heavy atom. The number of hydrogen-bond acceptors (Lipinski definition) is 11. The van der Waals surface area contributed by atoms with Crippen molar-refractivity contribution in [3.8, 4) is 22.9 Å². The molecule has 234 valence electrons. The SMILES string of the molecule is CCn1cc(-c2nnc(-c3cn(CC)c4nc(N5CCNCC5)c(F)cc4c3=O)o2)c(=O)c2cc(F)c(N3CCNCC3)nc21. The molecule has 5 aromatic heterocycles. The van der Waals surface area contributed by atoms with E-state index in [2.05, 4.69) is 30.8 Å². The topological polar surface area (TPSA) is 139 Å². The van der Waals surface area contributed by atoms with Gasteiger partial charge in [0, 0.05) is 77.8 Å². The summed E-state index contributed by atoms with van der Waals surface area (Å²) in [6, 6.07) is 2.41. The van der Waals surface area contributed by atoms with E-state index in [-0.39, 0.29) is 45.3 Å². The van der Waals surface area contributed by atoms with Gasteiger partial charge in [0.15, 0.2) is 23.3 Å². The molecule has 0 saturated carbocycles. The van der Waals surface area contributed by atoms with Crippen LogP contribution in [-0.2, 0) is 13.1 Å². The van der Waals surface area contributed by atoms with Crippen molar-refractivity contribution < 1.29 is 13.2 Å². The molecule has 0 aromatic carbocycles. The van der Waals surface area contributed by atoms with Crippen LogP contribution < -0.4 is 31.3 Å². The van der Waals surface area contributed by atoms with Crippen molar-refractivity contribution in [3.05, 3.63) is 56.6 Å². The van der Waals surface area contributed by atoms with Gasteiger partial charge < -0.3 is 34.0 Å². The molecule has 0 atom stereocenters. The van der Waals surface area contributed by atoms with Gasteiger partial charge >= 0.3 is 0 Å². The maximum atomic E-state index is 15.3. The second kappa shape index (κ2) is 11.6. The summed E-state index contributed by atoms with van der Waals surface area (Å²) < 4.78 is 39.9. The number of halogens is 2. The third-order valence-electron chi connectivity index (χ3n) is 8.37. The molecular weight excluding hydrogens is 586 g/mol. The molecule has 0 aliphatic carbocycles. The molecule has 2 aliphatic heterocycles. The molecule has 0 bridgehead atoms. The predicted molar refractivity (Wildman–Crippen MR) is 166 cm³/mol. The summed E-state index contributed by atoms with van der Waals surface area (Å²) >= 11 is 0. The highest BCUT2D eigenvalue weighted by Gasteiger charge is 2.25. The largest absolute Gasteiger partial charge is 0.416 e. The fourth-order valence-electron chi connectivity index (χ4n) is 5.98. The number of fused-ring (bicyclic) bond motifs is 2. The first kappa shape index (κ1) is 29.0. The van der Waals surface area contributed by atoms with Crippen LogP contribution in [0, 0.1) is 11.6 Å². The molecule has 7 heterocycles. The van der Waals surface area contributed by atoms with Crippen molar-refractivity contribution in [1.29, 1.82) is 0 Å². The van der Waals surface area contributed by atoms with Crippen LogP contribution in [0.1, 0.15) is 13.8 Å². The smallest absolute Gasteiger partial charge is 0.253 e. The van der Waals surface area contributed by atoms with Crippen LogP contribution in [0.2, 0.25) is 0 Å². The monoisotopic (exact) mass is 618 g/mol. The quantitative estimate of drug-likeness (QED) is 0.289. The van der Waals surface area contributed by atoms with E-state index in [0.717, 1.165) is 0 Å². The minimum Gasteiger partial charge on any atom is -0.416 e. The van der Waals surface area contributed by atoms with Crippen LogP contribution in [0.25, 0.3) is 45.0 Å². The molecule has 2 N–H and O–H groups in total. The summed E-state index contributed by atoms with van der Waals surface area (Å²) in [5.74, 6) is -1.05. The molecule has 0 unspecified atom stereocenters. The Morgan fingerprint density at radius 2 is 1.11 bits per heavy atom. The van der Waals surface area contributed by atoms with Crippen LogP contribution in [0.3, 0.4) is 0 Å². The summed E-state index contributed by atoms with van der Waals surface area (Å²) in [4.78, 5) is 40.1. The first-order chi connectivity index (χ1) is 21.9. The number of nitrogens with one attached hydrogen (secondary N) is 2. The number of anilines is 2. The van der Waals surface area contributed by atoms with Crippen molar-refractivity contribution in [3.63, 3.8) is 0 Å². The highest BCUT2D eigenvalue weighted by Crippen LogP contribution is 2.27. The number of piperazine rings is 2. The minimum atomic E-state index is -0.593. The number of aryl methyl sites for hydroxylation is 2. The molecule has 0 amide bonds. The van der Waals surface area contributed by atoms with Gasteiger partial charge in [0.25, 0.3) is 11.8 Å². The zero-order valence-electron chi connectivity index (χ0n) is 24.9. The highest BCUT2D eigenvalue weighted by atomic mass is 19.1. The van der Waals surface area contributed by atoms with E-state index in [0.29, 0.717) is 76.7 Å². The summed E-state index contributed by atoms with van der Waals surface area (Å²) in [7, 11) is 0. The Kier molecular flexibility index (Phi) is 7.49. The molecule has 45 heavy (non-hydrogen) atoms. The maximum Gasteiger partial charge on any atom is 0.253 e. The predicted octanol–water partition coefficient (Wildman–Crippen LogP) is 1.96. The lowest BCUT2D eigenvalue weighted by molar-refractivity contribution is 0.559. The fourth-order valence-corrected chi connectivity index (χ4v) is 5.98. The van der Waals surface area contributed by atoms with E-state index in [1.807, 2.05) is 23.6 Å². The number of pyridine rings is 4. The average molecular weight is 619 g/mol. The molecule has 0 radical (unpaired) electrons. The first-order valence-corrected chi connectivity index (χ1v) is 15.1. The molecule has 2 saturated heterocycles. The molecule has 7 rings (SSSR count). The van der Waals surface area contributed by atoms with Crippen molar-refractivity contribution in [2.75, 3.05) is 62.2 Å². The summed E-state index contributed by atoms with van der Waals surface area (Å²) in [5.41, 5.74) is -0.279. The minimum absolute atomic E-state index is 0.0456. The Balaban J connectivity index is 1.30. The average Bonchev–Trinajstić information content (AvgIpc) is 3.56. The molecule has 2 aliphatic rings. The number of aromatic nitrogens is 6. The van der Waals surface area contributed by atoms with Crippen LogP contribution >= 0.6 is 0 Å². The van der Waals surface area contributed by atoms with Crippen LogP contribution in [-0.4, -0.2) is 81.7 Å². The van der Waals surface area contributed by atoms with Crippen molar-refractivity contribution in [1.82, 2.24) is 39.9 Å². The Bertz CT molecular complexity index is 1900. The lowest BCUT2D eigenvalue weighted by atomic mass is 10.1. The zero-order chi connectivity index (χ0) is 31.2. The van der Waals surface area contributed by atoms with Gasteiger partial charge in [-0.1, -0.05) is 0 Å². The van der Waals surface area contributed by atoms with Crippen molar-refractivity contribution >= 4 is 33.7 Å². The van der Waals surface area contributed by atoms with Gasteiger partial charge in [0.1, 0.15) is 22.4 Å². The van der Waals surface area contributed by atoms with E-state index < -0.39 is 22.5 Å². The van der Waals surface area contributed by atoms with E-state index in [1.165, 1.54) is 12.1 Å². The fraction of sp³-hybridized carbons (Fsp3) is 0.400. The summed E-state index contributed by atoms with van der Waals surface area (Å²) in [6.07, 6.45) is 3.10. The van der Waals surface area contributed by atoms with Gasteiger partial charge in [-0.2, -0.15) is 0 Å². The second-order valence-corrected chi connectivity index (χ2v) is 11.0. The van der Waals surface area contributed by atoms with Crippen molar-refractivity contribution in [2.24, 2.45) is 0 Å². The first-order valence-electron chi connectivity index (χ1n) is 15.1. The molecule has 13 nitrogen and oxygen atoms in total. The third kappa shape index (κ3) is 5.01. The van der Waals surface area contributed by atoms with Gasteiger partial charge in [0.2, 0.25) is 10.9 Å². The third-order valence-corrected chi connectivity index (χ3v) is 8.37. The molecule has 2 fully saturated rings. The lowest BCUT2D eigenvalue weighted by Gasteiger charge is -2.29. The normalized spacial score (nSPS) is 15.8. The van der Waals surface area contributed by atoms with Crippen LogP contribution in [0.15, 0.2) is 38.5 Å². The van der Waals surface area contributed by atoms with E-state index in [1.54, 1.807) is 21.5 Å². The van der Waals surface area contributed by atoms with Gasteiger partial charge in [0.05, 0.1) is 10.8 Å². The van der Waals surface area contributed by atoms with E-state index in [4.69, 9.17) is 4.42 Å². The zero-order valence-corrected chi connectivity index (χ0v) is 24.9. The summed E-state index contributed by atoms with van der Waals surface area (Å²) in [6.45, 7) is 9.87. The second-order valence-electron chi connectivity index (χ2n) is 11.0.